The number of rotatable bonds is 5. The Kier molecular flexibility index (Phi) is 5.00. The quantitative estimate of drug-likeness (QED) is 0.874. The molecule has 0 atom stereocenters. The van der Waals surface area contributed by atoms with Gasteiger partial charge in [-0.05, 0) is 42.2 Å². The average molecular weight is 314 g/mol. The molecule has 2 nitrogen and oxygen atoms in total. The number of nitrogens with zero attached hydrogens (tertiary/aromatic N) is 1. The van der Waals surface area contributed by atoms with E-state index in [1.165, 1.54) is 17.6 Å². The van der Waals surface area contributed by atoms with Gasteiger partial charge in [-0.1, -0.05) is 26.0 Å². The van der Waals surface area contributed by atoms with E-state index in [1.807, 2.05) is 6.07 Å². The molecule has 0 radical (unpaired) electrons. The number of halogens is 3. The van der Waals surface area contributed by atoms with Crippen LogP contribution in [-0.2, 0) is 12.7 Å². The molecule has 0 bridgehead atoms. The number of aromatic nitrogens is 1. The first-order valence-electron chi connectivity index (χ1n) is 6.70. The predicted molar refractivity (Wildman–Crippen MR) is 79.1 cm³/mol. The van der Waals surface area contributed by atoms with Gasteiger partial charge >= 0.3 is 6.18 Å². The molecule has 1 heterocycles. The van der Waals surface area contributed by atoms with Gasteiger partial charge in [0.05, 0.1) is 11.3 Å². The molecule has 0 fully saturated rings. The molecule has 21 heavy (non-hydrogen) atoms. The maximum absolute atomic E-state index is 12.7. The third kappa shape index (κ3) is 4.54. The van der Waals surface area contributed by atoms with Gasteiger partial charge in [-0.3, -0.25) is 0 Å². The van der Waals surface area contributed by atoms with Gasteiger partial charge in [0.25, 0.3) is 0 Å². The van der Waals surface area contributed by atoms with Crippen LogP contribution in [0.5, 0.6) is 0 Å². The SMILES string of the molecule is CC(C)CNCc1cc(-c2cccc(C(F)(F)F)c2)ns1. The Bertz CT molecular complexity index is 591. The first-order valence-corrected chi connectivity index (χ1v) is 7.47. The fourth-order valence-electron chi connectivity index (χ4n) is 1.87. The third-order valence-corrected chi connectivity index (χ3v) is 3.68. The van der Waals surface area contributed by atoms with E-state index in [1.54, 1.807) is 6.07 Å². The van der Waals surface area contributed by atoms with E-state index in [0.29, 0.717) is 23.7 Å². The number of benzene rings is 1. The van der Waals surface area contributed by atoms with Gasteiger partial charge in [-0.15, -0.1) is 0 Å². The molecule has 0 aliphatic rings. The normalized spacial score (nSPS) is 12.1. The van der Waals surface area contributed by atoms with Crippen molar-refractivity contribution < 1.29 is 13.2 Å². The maximum atomic E-state index is 12.7. The number of nitrogens with one attached hydrogen (secondary N) is 1. The van der Waals surface area contributed by atoms with Crippen molar-refractivity contribution in [3.05, 3.63) is 40.8 Å². The van der Waals surface area contributed by atoms with Crippen LogP contribution in [0.1, 0.15) is 24.3 Å². The summed E-state index contributed by atoms with van der Waals surface area (Å²) >= 11 is 1.32. The average Bonchev–Trinajstić information content (AvgIpc) is 2.86. The van der Waals surface area contributed by atoms with E-state index in [9.17, 15) is 13.2 Å². The zero-order valence-corrected chi connectivity index (χ0v) is 12.7. The number of hydrogen-bond donors (Lipinski definition) is 1. The molecule has 6 heteroatoms. The molecule has 114 valence electrons. The van der Waals surface area contributed by atoms with Crippen molar-refractivity contribution in [3.8, 4) is 11.3 Å². The van der Waals surface area contributed by atoms with Crippen LogP contribution in [0, 0.1) is 5.92 Å². The van der Waals surface area contributed by atoms with Crippen molar-refractivity contribution in [1.29, 1.82) is 0 Å². The molecule has 0 saturated carbocycles. The summed E-state index contributed by atoms with van der Waals surface area (Å²) in [7, 11) is 0. The van der Waals surface area contributed by atoms with Crippen LogP contribution in [0.15, 0.2) is 30.3 Å². The van der Waals surface area contributed by atoms with Crippen LogP contribution in [0.4, 0.5) is 13.2 Å². The summed E-state index contributed by atoms with van der Waals surface area (Å²) in [6.07, 6.45) is -4.33. The van der Waals surface area contributed by atoms with E-state index in [0.717, 1.165) is 23.6 Å². The zero-order chi connectivity index (χ0) is 15.5. The Labute approximate surface area is 126 Å². The molecule has 2 aromatic rings. The summed E-state index contributed by atoms with van der Waals surface area (Å²) in [6, 6.07) is 7.11. The lowest BCUT2D eigenvalue weighted by molar-refractivity contribution is -0.137. The van der Waals surface area contributed by atoms with Crippen molar-refractivity contribution in [2.24, 2.45) is 5.92 Å². The van der Waals surface area contributed by atoms with Crippen molar-refractivity contribution in [2.75, 3.05) is 6.54 Å². The molecule has 1 N–H and O–H groups in total. The smallest absolute Gasteiger partial charge is 0.312 e. The van der Waals surface area contributed by atoms with E-state index < -0.39 is 11.7 Å². The van der Waals surface area contributed by atoms with E-state index >= 15 is 0 Å². The molecule has 2 rings (SSSR count). The number of alkyl halides is 3. The zero-order valence-electron chi connectivity index (χ0n) is 11.9. The highest BCUT2D eigenvalue weighted by Crippen LogP contribution is 2.32. The molecule has 0 amide bonds. The van der Waals surface area contributed by atoms with E-state index in [-0.39, 0.29) is 0 Å². The van der Waals surface area contributed by atoms with Crippen molar-refractivity contribution in [3.63, 3.8) is 0 Å². The predicted octanol–water partition coefficient (Wildman–Crippen LogP) is 4.57. The summed E-state index contributed by atoms with van der Waals surface area (Å²) in [5.74, 6) is 0.556. The Morgan fingerprint density at radius 1 is 1.24 bits per heavy atom. The third-order valence-electron chi connectivity index (χ3n) is 2.90. The molecular weight excluding hydrogens is 297 g/mol. The molecular formula is C15H17F3N2S. The maximum Gasteiger partial charge on any atom is 0.416 e. The monoisotopic (exact) mass is 314 g/mol. The van der Waals surface area contributed by atoms with Crippen molar-refractivity contribution in [1.82, 2.24) is 9.69 Å². The molecule has 0 aliphatic heterocycles. The Morgan fingerprint density at radius 2 is 2.00 bits per heavy atom. The van der Waals surface area contributed by atoms with Crippen LogP contribution in [0.3, 0.4) is 0 Å². The lowest BCUT2D eigenvalue weighted by Gasteiger charge is -2.07. The lowest BCUT2D eigenvalue weighted by atomic mass is 10.1. The molecule has 1 aromatic heterocycles. The Hall–Kier alpha value is -1.40. The van der Waals surface area contributed by atoms with Gasteiger partial charge in [0, 0.05) is 17.0 Å². The largest absolute Gasteiger partial charge is 0.416 e. The first kappa shape index (κ1) is 16.0. The molecule has 1 aromatic carbocycles. The Morgan fingerprint density at radius 3 is 2.67 bits per heavy atom. The Balaban J connectivity index is 2.11. The molecule has 0 aliphatic carbocycles. The minimum absolute atomic E-state index is 0.496. The molecule has 0 spiro atoms. The van der Waals surface area contributed by atoms with Crippen LogP contribution in [0.25, 0.3) is 11.3 Å². The fraction of sp³-hybridized carbons (Fsp3) is 0.400. The summed E-state index contributed by atoms with van der Waals surface area (Å²) in [5.41, 5.74) is 0.441. The summed E-state index contributed by atoms with van der Waals surface area (Å²) in [4.78, 5) is 1.02. The lowest BCUT2D eigenvalue weighted by Crippen LogP contribution is -2.18. The van der Waals surface area contributed by atoms with E-state index in [4.69, 9.17) is 0 Å². The molecule has 0 unspecified atom stereocenters. The first-order chi connectivity index (χ1) is 9.86. The van der Waals surface area contributed by atoms with Crippen LogP contribution >= 0.6 is 11.5 Å². The second kappa shape index (κ2) is 6.58. The standard InChI is InChI=1S/C15H17F3N2S/c1-10(2)8-19-9-13-7-14(20-21-13)11-4-3-5-12(6-11)15(16,17)18/h3-7,10,19H,8-9H2,1-2H3. The highest BCUT2D eigenvalue weighted by molar-refractivity contribution is 7.06. The minimum Gasteiger partial charge on any atom is -0.312 e. The van der Waals surface area contributed by atoms with Crippen LogP contribution in [0.2, 0.25) is 0 Å². The highest BCUT2D eigenvalue weighted by Gasteiger charge is 2.30. The fourth-order valence-corrected chi connectivity index (χ4v) is 2.58. The molecule has 0 saturated heterocycles. The second-order valence-electron chi connectivity index (χ2n) is 5.28. The summed E-state index contributed by atoms with van der Waals surface area (Å²) < 4.78 is 42.4. The second-order valence-corrected chi connectivity index (χ2v) is 6.17. The van der Waals surface area contributed by atoms with Gasteiger partial charge in [0.15, 0.2) is 0 Å². The summed E-state index contributed by atoms with van der Waals surface area (Å²) in [6.45, 7) is 5.83. The van der Waals surface area contributed by atoms with E-state index in [2.05, 4.69) is 23.5 Å². The van der Waals surface area contributed by atoms with Crippen LogP contribution in [-0.4, -0.2) is 10.9 Å². The topological polar surface area (TPSA) is 24.9 Å². The minimum atomic E-state index is -4.33. The van der Waals surface area contributed by atoms with Gasteiger partial charge in [0.1, 0.15) is 0 Å². The van der Waals surface area contributed by atoms with Gasteiger partial charge in [0.2, 0.25) is 0 Å². The highest BCUT2D eigenvalue weighted by atomic mass is 32.1. The van der Waals surface area contributed by atoms with Crippen LogP contribution < -0.4 is 5.32 Å². The van der Waals surface area contributed by atoms with Crippen molar-refractivity contribution in [2.45, 2.75) is 26.6 Å². The van der Waals surface area contributed by atoms with Gasteiger partial charge in [-0.25, -0.2) is 0 Å². The van der Waals surface area contributed by atoms with Gasteiger partial charge < -0.3 is 5.32 Å². The van der Waals surface area contributed by atoms with Gasteiger partial charge in [-0.2, -0.15) is 17.5 Å². The summed E-state index contributed by atoms with van der Waals surface area (Å²) in [5, 5.41) is 3.29. The number of hydrogen-bond acceptors (Lipinski definition) is 3. The van der Waals surface area contributed by atoms with Crippen molar-refractivity contribution >= 4 is 11.5 Å².